The van der Waals surface area contributed by atoms with E-state index in [0.29, 0.717) is 11.8 Å². The minimum absolute atomic E-state index is 0.350. The van der Waals surface area contributed by atoms with Gasteiger partial charge in [-0.3, -0.25) is 0 Å². The van der Waals surface area contributed by atoms with Gasteiger partial charge in [0, 0.05) is 10.9 Å². The maximum Gasteiger partial charge on any atom is 0.115 e. The molecule has 2 aromatic rings. The highest BCUT2D eigenvalue weighted by Crippen LogP contribution is 2.16. The average molecular weight is 275 g/mol. The molecule has 102 valence electrons. The van der Waals surface area contributed by atoms with Crippen molar-refractivity contribution in [2.45, 2.75) is 32.2 Å². The van der Waals surface area contributed by atoms with Gasteiger partial charge in [-0.25, -0.2) is 0 Å². The normalized spacial score (nSPS) is 12.5. The van der Waals surface area contributed by atoms with Crippen LogP contribution in [0.1, 0.15) is 23.8 Å². The van der Waals surface area contributed by atoms with Crippen LogP contribution in [0.4, 0.5) is 0 Å². The molecule has 19 heavy (non-hydrogen) atoms. The first-order chi connectivity index (χ1) is 9.28. The Morgan fingerprint density at radius 3 is 2.79 bits per heavy atom. The molecular weight excluding hydrogens is 254 g/mol. The Hall–Kier alpha value is -1.32. The standard InChI is InChI=1S/C16H21NOS/c1-2-8-17-14(12-16-7-4-9-19-16)10-13-5-3-6-15(18)11-13/h3-7,9,11,14,17-18H,2,8,10,12H2,1H3. The van der Waals surface area contributed by atoms with Crippen LogP contribution in [0.5, 0.6) is 5.75 Å². The second-order valence-electron chi connectivity index (χ2n) is 4.81. The van der Waals surface area contributed by atoms with Crippen molar-refractivity contribution in [2.24, 2.45) is 0 Å². The van der Waals surface area contributed by atoms with Crippen LogP contribution >= 0.6 is 11.3 Å². The molecule has 3 heteroatoms. The molecule has 0 aliphatic rings. The molecule has 0 spiro atoms. The zero-order chi connectivity index (χ0) is 13.5. The number of phenolic OH excluding ortho intramolecular Hbond substituents is 1. The molecule has 0 saturated heterocycles. The maximum absolute atomic E-state index is 9.54. The lowest BCUT2D eigenvalue weighted by Crippen LogP contribution is -2.33. The lowest BCUT2D eigenvalue weighted by molar-refractivity contribution is 0.472. The van der Waals surface area contributed by atoms with Crippen LogP contribution in [-0.2, 0) is 12.8 Å². The maximum atomic E-state index is 9.54. The number of benzene rings is 1. The molecule has 2 rings (SSSR count). The van der Waals surface area contributed by atoms with Gasteiger partial charge in [-0.15, -0.1) is 11.3 Å². The number of rotatable bonds is 7. The Kier molecular flexibility index (Phi) is 5.43. The summed E-state index contributed by atoms with van der Waals surface area (Å²) in [6, 6.07) is 12.3. The summed E-state index contributed by atoms with van der Waals surface area (Å²) in [6.07, 6.45) is 3.14. The van der Waals surface area contributed by atoms with Gasteiger partial charge in [-0.2, -0.15) is 0 Å². The molecule has 0 fully saturated rings. The van der Waals surface area contributed by atoms with E-state index in [0.717, 1.165) is 25.8 Å². The molecule has 0 aliphatic carbocycles. The molecule has 0 bridgehead atoms. The van der Waals surface area contributed by atoms with Crippen LogP contribution in [0.25, 0.3) is 0 Å². The van der Waals surface area contributed by atoms with Crippen molar-refractivity contribution in [1.82, 2.24) is 5.32 Å². The Morgan fingerprint density at radius 1 is 1.21 bits per heavy atom. The molecule has 2 N–H and O–H groups in total. The van der Waals surface area contributed by atoms with E-state index in [1.165, 1.54) is 10.4 Å². The minimum atomic E-state index is 0.350. The van der Waals surface area contributed by atoms with Gasteiger partial charge in [0.1, 0.15) is 5.75 Å². The predicted molar refractivity (Wildman–Crippen MR) is 81.9 cm³/mol. The Morgan fingerprint density at radius 2 is 2.11 bits per heavy atom. The molecule has 0 radical (unpaired) electrons. The van der Waals surface area contributed by atoms with Crippen molar-refractivity contribution in [1.29, 1.82) is 0 Å². The largest absolute Gasteiger partial charge is 0.508 e. The van der Waals surface area contributed by atoms with Crippen molar-refractivity contribution in [3.8, 4) is 5.75 Å². The molecular formula is C16H21NOS. The van der Waals surface area contributed by atoms with Crippen LogP contribution in [0, 0.1) is 0 Å². The molecule has 1 aromatic carbocycles. The summed E-state index contributed by atoms with van der Waals surface area (Å²) in [5, 5.41) is 15.3. The van der Waals surface area contributed by atoms with Crippen molar-refractivity contribution < 1.29 is 5.11 Å². The number of thiophene rings is 1. The summed E-state index contributed by atoms with van der Waals surface area (Å²) in [7, 11) is 0. The van der Waals surface area contributed by atoms with Crippen LogP contribution in [0.15, 0.2) is 41.8 Å². The zero-order valence-corrected chi connectivity index (χ0v) is 12.1. The molecule has 2 nitrogen and oxygen atoms in total. The number of hydrogen-bond donors (Lipinski definition) is 2. The summed E-state index contributed by atoms with van der Waals surface area (Å²) in [4.78, 5) is 1.41. The molecule has 1 heterocycles. The second-order valence-corrected chi connectivity index (χ2v) is 5.84. The van der Waals surface area contributed by atoms with E-state index in [2.05, 4.69) is 35.8 Å². The monoisotopic (exact) mass is 275 g/mol. The third kappa shape index (κ3) is 4.69. The van der Waals surface area contributed by atoms with Crippen LogP contribution in [0.3, 0.4) is 0 Å². The van der Waals surface area contributed by atoms with Gasteiger partial charge in [0.2, 0.25) is 0 Å². The fourth-order valence-corrected chi connectivity index (χ4v) is 2.99. The first kappa shape index (κ1) is 14.1. The van der Waals surface area contributed by atoms with Crippen LogP contribution in [0.2, 0.25) is 0 Å². The fraction of sp³-hybridized carbons (Fsp3) is 0.375. The molecule has 1 aromatic heterocycles. The van der Waals surface area contributed by atoms with Crippen LogP contribution in [-0.4, -0.2) is 17.7 Å². The minimum Gasteiger partial charge on any atom is -0.508 e. The smallest absolute Gasteiger partial charge is 0.115 e. The Bertz CT molecular complexity index is 481. The van der Waals surface area contributed by atoms with Gasteiger partial charge in [0.25, 0.3) is 0 Å². The van der Waals surface area contributed by atoms with Gasteiger partial charge in [-0.1, -0.05) is 25.1 Å². The fourth-order valence-electron chi connectivity index (χ4n) is 2.20. The Labute approximate surface area is 119 Å². The second kappa shape index (κ2) is 7.31. The van der Waals surface area contributed by atoms with Gasteiger partial charge in [0.05, 0.1) is 0 Å². The summed E-state index contributed by atoms with van der Waals surface area (Å²) < 4.78 is 0. The number of hydrogen-bond acceptors (Lipinski definition) is 3. The lowest BCUT2D eigenvalue weighted by atomic mass is 10.0. The molecule has 1 unspecified atom stereocenters. The number of nitrogens with one attached hydrogen (secondary N) is 1. The molecule has 0 amide bonds. The van der Waals surface area contributed by atoms with Gasteiger partial charge in [0.15, 0.2) is 0 Å². The summed E-state index contributed by atoms with van der Waals surface area (Å²) in [5.41, 5.74) is 1.19. The third-order valence-corrected chi connectivity index (χ3v) is 4.00. The van der Waals surface area contributed by atoms with Gasteiger partial charge >= 0.3 is 0 Å². The summed E-state index contributed by atoms with van der Waals surface area (Å²) in [6.45, 7) is 3.22. The average Bonchev–Trinajstić information content (AvgIpc) is 2.89. The summed E-state index contributed by atoms with van der Waals surface area (Å²) in [5.74, 6) is 0.350. The van der Waals surface area contributed by atoms with Crippen molar-refractivity contribution in [2.75, 3.05) is 6.54 Å². The van der Waals surface area contributed by atoms with Crippen molar-refractivity contribution in [3.05, 3.63) is 52.2 Å². The third-order valence-electron chi connectivity index (χ3n) is 3.10. The lowest BCUT2D eigenvalue weighted by Gasteiger charge is -2.18. The number of phenols is 1. The highest BCUT2D eigenvalue weighted by Gasteiger charge is 2.10. The molecule has 0 aliphatic heterocycles. The van der Waals surface area contributed by atoms with E-state index in [9.17, 15) is 5.11 Å². The highest BCUT2D eigenvalue weighted by atomic mass is 32.1. The van der Waals surface area contributed by atoms with E-state index in [-0.39, 0.29) is 0 Å². The van der Waals surface area contributed by atoms with E-state index >= 15 is 0 Å². The quantitative estimate of drug-likeness (QED) is 0.809. The SMILES string of the molecule is CCCNC(Cc1cccc(O)c1)Cc1cccs1. The van der Waals surface area contributed by atoms with E-state index < -0.39 is 0 Å². The predicted octanol–water partition coefficient (Wildman–Crippen LogP) is 3.61. The van der Waals surface area contributed by atoms with Gasteiger partial charge in [-0.05, 0) is 54.9 Å². The van der Waals surface area contributed by atoms with Crippen LogP contribution < -0.4 is 5.32 Å². The first-order valence-corrected chi connectivity index (χ1v) is 7.69. The van der Waals surface area contributed by atoms with Gasteiger partial charge < -0.3 is 10.4 Å². The highest BCUT2D eigenvalue weighted by molar-refractivity contribution is 7.09. The molecule has 0 saturated carbocycles. The van der Waals surface area contributed by atoms with Crippen molar-refractivity contribution in [3.63, 3.8) is 0 Å². The van der Waals surface area contributed by atoms with Crippen molar-refractivity contribution >= 4 is 11.3 Å². The zero-order valence-electron chi connectivity index (χ0n) is 11.3. The van der Waals surface area contributed by atoms with E-state index in [1.807, 2.05) is 23.5 Å². The topological polar surface area (TPSA) is 32.3 Å². The molecule has 1 atom stereocenters. The Balaban J connectivity index is 2.00. The summed E-state index contributed by atoms with van der Waals surface area (Å²) >= 11 is 1.81. The first-order valence-electron chi connectivity index (χ1n) is 6.81. The number of aromatic hydroxyl groups is 1. The van der Waals surface area contributed by atoms with E-state index in [4.69, 9.17) is 0 Å². The van der Waals surface area contributed by atoms with E-state index in [1.54, 1.807) is 6.07 Å².